The molecule has 2 aromatic rings. The molecule has 2 aliphatic rings. The fourth-order valence-electron chi connectivity index (χ4n) is 3.38. The van der Waals surface area contributed by atoms with Crippen LogP contribution in [0.1, 0.15) is 26.3 Å². The Labute approximate surface area is 157 Å². The Morgan fingerprint density at radius 2 is 1.59 bits per heavy atom. The molecular formula is C20H21N3O4. The number of benzene rings is 1. The van der Waals surface area contributed by atoms with Gasteiger partial charge < -0.3 is 19.3 Å². The fourth-order valence-corrected chi connectivity index (χ4v) is 3.38. The average molecular weight is 367 g/mol. The molecule has 0 unspecified atom stereocenters. The van der Waals surface area contributed by atoms with Crippen LogP contribution >= 0.6 is 0 Å². The number of carbonyl (C=O) groups is 2. The van der Waals surface area contributed by atoms with Crippen molar-refractivity contribution in [1.82, 2.24) is 14.8 Å². The zero-order valence-corrected chi connectivity index (χ0v) is 15.2. The number of rotatable bonds is 2. The summed E-state index contributed by atoms with van der Waals surface area (Å²) in [6, 6.07) is 7.12. The lowest BCUT2D eigenvalue weighted by molar-refractivity contribution is 0.0534. The molecule has 4 rings (SSSR count). The molecule has 1 fully saturated rings. The highest BCUT2D eigenvalue weighted by molar-refractivity contribution is 5.97. The van der Waals surface area contributed by atoms with Crippen molar-refractivity contribution < 1.29 is 19.1 Å². The predicted molar refractivity (Wildman–Crippen MR) is 98.2 cm³/mol. The van der Waals surface area contributed by atoms with Gasteiger partial charge in [0.05, 0.1) is 5.56 Å². The first-order chi connectivity index (χ1) is 13.1. The topological polar surface area (TPSA) is 72.0 Å². The third kappa shape index (κ3) is 3.45. The predicted octanol–water partition coefficient (Wildman–Crippen LogP) is 1.76. The van der Waals surface area contributed by atoms with Gasteiger partial charge in [-0.25, -0.2) is 0 Å². The van der Waals surface area contributed by atoms with E-state index in [9.17, 15) is 9.59 Å². The van der Waals surface area contributed by atoms with Crippen LogP contribution in [0.15, 0.2) is 36.7 Å². The normalized spacial score (nSPS) is 16.2. The number of aromatic nitrogens is 1. The average Bonchev–Trinajstić information content (AvgIpc) is 2.73. The van der Waals surface area contributed by atoms with Crippen molar-refractivity contribution in [2.45, 2.75) is 6.92 Å². The second-order valence-corrected chi connectivity index (χ2v) is 6.64. The smallest absolute Gasteiger partial charge is 0.255 e. The van der Waals surface area contributed by atoms with Crippen LogP contribution in [0.4, 0.5) is 0 Å². The molecule has 2 aliphatic heterocycles. The van der Waals surface area contributed by atoms with Gasteiger partial charge in [0.1, 0.15) is 13.2 Å². The molecule has 7 nitrogen and oxygen atoms in total. The van der Waals surface area contributed by atoms with E-state index in [-0.39, 0.29) is 11.8 Å². The summed E-state index contributed by atoms with van der Waals surface area (Å²) >= 11 is 0. The summed E-state index contributed by atoms with van der Waals surface area (Å²) in [5.74, 6) is 1.20. The summed E-state index contributed by atoms with van der Waals surface area (Å²) in [5.41, 5.74) is 2.05. The van der Waals surface area contributed by atoms with E-state index < -0.39 is 0 Å². The SMILES string of the molecule is Cc1cc2c(cc1C(=O)N1CCN(C(=O)c3cccnc3)CC1)OCCO2. The van der Waals surface area contributed by atoms with Gasteiger partial charge >= 0.3 is 0 Å². The number of ether oxygens (including phenoxy) is 2. The minimum Gasteiger partial charge on any atom is -0.486 e. The molecule has 2 amide bonds. The van der Waals surface area contributed by atoms with Crippen LogP contribution in [0, 0.1) is 6.92 Å². The van der Waals surface area contributed by atoms with Crippen LogP contribution < -0.4 is 9.47 Å². The van der Waals surface area contributed by atoms with Crippen molar-refractivity contribution >= 4 is 11.8 Å². The third-order valence-corrected chi connectivity index (χ3v) is 4.88. The van der Waals surface area contributed by atoms with Crippen LogP contribution in [-0.2, 0) is 0 Å². The summed E-state index contributed by atoms with van der Waals surface area (Å²) < 4.78 is 11.2. The van der Waals surface area contributed by atoms with E-state index in [4.69, 9.17) is 9.47 Å². The maximum Gasteiger partial charge on any atom is 0.255 e. The fraction of sp³-hybridized carbons (Fsp3) is 0.350. The van der Waals surface area contributed by atoms with Crippen LogP contribution in [0.3, 0.4) is 0 Å². The summed E-state index contributed by atoms with van der Waals surface area (Å²) in [5, 5.41) is 0. The van der Waals surface area contributed by atoms with Crippen molar-refractivity contribution in [3.05, 3.63) is 53.3 Å². The number of aryl methyl sites for hydroxylation is 1. The van der Waals surface area contributed by atoms with Crippen molar-refractivity contribution in [3.8, 4) is 11.5 Å². The van der Waals surface area contributed by atoms with E-state index in [1.807, 2.05) is 13.0 Å². The summed E-state index contributed by atoms with van der Waals surface area (Å²) in [6.07, 6.45) is 3.21. The lowest BCUT2D eigenvalue weighted by Crippen LogP contribution is -2.50. The van der Waals surface area contributed by atoms with Crippen LogP contribution in [-0.4, -0.2) is 66.0 Å². The number of hydrogen-bond donors (Lipinski definition) is 0. The van der Waals surface area contributed by atoms with E-state index in [1.165, 1.54) is 0 Å². The summed E-state index contributed by atoms with van der Waals surface area (Å²) in [7, 11) is 0. The lowest BCUT2D eigenvalue weighted by atomic mass is 10.1. The van der Waals surface area contributed by atoms with Gasteiger partial charge in [-0.2, -0.15) is 0 Å². The van der Waals surface area contributed by atoms with Gasteiger partial charge in [0, 0.05) is 44.1 Å². The number of carbonyl (C=O) groups excluding carboxylic acids is 2. The molecule has 27 heavy (non-hydrogen) atoms. The summed E-state index contributed by atoms with van der Waals surface area (Å²) in [4.78, 5) is 33.0. The second-order valence-electron chi connectivity index (χ2n) is 6.64. The second kappa shape index (κ2) is 7.26. The number of piperazine rings is 1. The van der Waals surface area contributed by atoms with E-state index in [2.05, 4.69) is 4.98 Å². The molecule has 0 saturated carbocycles. The molecule has 1 aromatic heterocycles. The van der Waals surface area contributed by atoms with E-state index in [1.54, 1.807) is 40.4 Å². The van der Waals surface area contributed by atoms with Crippen molar-refractivity contribution in [3.63, 3.8) is 0 Å². The van der Waals surface area contributed by atoms with E-state index in [0.29, 0.717) is 62.0 Å². The third-order valence-electron chi connectivity index (χ3n) is 4.88. The molecule has 140 valence electrons. The Morgan fingerprint density at radius 1 is 0.963 bits per heavy atom. The van der Waals surface area contributed by atoms with Crippen LogP contribution in [0.5, 0.6) is 11.5 Å². The Kier molecular flexibility index (Phi) is 4.66. The number of pyridine rings is 1. The molecule has 1 aromatic carbocycles. The highest BCUT2D eigenvalue weighted by Crippen LogP contribution is 2.33. The molecule has 1 saturated heterocycles. The molecule has 0 radical (unpaired) electrons. The van der Waals surface area contributed by atoms with E-state index in [0.717, 1.165) is 5.56 Å². The van der Waals surface area contributed by atoms with Gasteiger partial charge in [0.2, 0.25) is 0 Å². The van der Waals surface area contributed by atoms with Gasteiger partial charge in [0.15, 0.2) is 11.5 Å². The Bertz CT molecular complexity index is 861. The van der Waals surface area contributed by atoms with Gasteiger partial charge in [-0.3, -0.25) is 14.6 Å². The molecular weight excluding hydrogens is 346 g/mol. The van der Waals surface area contributed by atoms with Crippen molar-refractivity contribution in [2.24, 2.45) is 0 Å². The molecule has 0 spiro atoms. The highest BCUT2D eigenvalue weighted by Gasteiger charge is 2.27. The zero-order valence-electron chi connectivity index (χ0n) is 15.2. The molecule has 0 N–H and O–H groups in total. The zero-order chi connectivity index (χ0) is 18.8. The first-order valence-electron chi connectivity index (χ1n) is 9.02. The standard InChI is InChI=1S/C20H21N3O4/c1-14-11-17-18(27-10-9-26-17)12-16(14)20(25)23-7-5-22(6-8-23)19(24)15-3-2-4-21-13-15/h2-4,11-13H,5-10H2,1H3. The number of hydrogen-bond acceptors (Lipinski definition) is 5. The molecule has 0 aliphatic carbocycles. The van der Waals surface area contributed by atoms with Gasteiger partial charge in [-0.15, -0.1) is 0 Å². The Morgan fingerprint density at radius 3 is 2.22 bits per heavy atom. The monoisotopic (exact) mass is 367 g/mol. The molecule has 7 heteroatoms. The maximum atomic E-state index is 13.0. The van der Waals surface area contributed by atoms with E-state index >= 15 is 0 Å². The first kappa shape index (κ1) is 17.3. The quantitative estimate of drug-likeness (QED) is 0.809. The Hall–Kier alpha value is -3.09. The lowest BCUT2D eigenvalue weighted by Gasteiger charge is -2.35. The van der Waals surface area contributed by atoms with Gasteiger partial charge in [-0.05, 0) is 36.8 Å². The molecule has 0 atom stereocenters. The van der Waals surface area contributed by atoms with Crippen LogP contribution in [0.25, 0.3) is 0 Å². The number of fused-ring (bicyclic) bond motifs is 1. The summed E-state index contributed by atoms with van der Waals surface area (Å²) in [6.45, 7) is 4.91. The van der Waals surface area contributed by atoms with Crippen molar-refractivity contribution in [2.75, 3.05) is 39.4 Å². The first-order valence-corrected chi connectivity index (χ1v) is 9.02. The minimum atomic E-state index is -0.0503. The molecule has 3 heterocycles. The van der Waals surface area contributed by atoms with Crippen molar-refractivity contribution in [1.29, 1.82) is 0 Å². The molecule has 0 bridgehead atoms. The van der Waals surface area contributed by atoms with Gasteiger partial charge in [-0.1, -0.05) is 0 Å². The van der Waals surface area contributed by atoms with Gasteiger partial charge in [0.25, 0.3) is 11.8 Å². The highest BCUT2D eigenvalue weighted by atomic mass is 16.6. The largest absolute Gasteiger partial charge is 0.486 e. The maximum absolute atomic E-state index is 13.0. The Balaban J connectivity index is 1.44. The number of amides is 2. The number of nitrogens with zero attached hydrogens (tertiary/aromatic N) is 3. The minimum absolute atomic E-state index is 0.0436. The van der Waals surface area contributed by atoms with Crippen LogP contribution in [0.2, 0.25) is 0 Å².